The monoisotopic (exact) mass is 377 g/mol. The van der Waals surface area contributed by atoms with Crippen molar-refractivity contribution in [1.82, 2.24) is 5.32 Å². The van der Waals surface area contributed by atoms with E-state index in [1.807, 2.05) is 24.3 Å². The third-order valence-corrected chi connectivity index (χ3v) is 4.18. The summed E-state index contributed by atoms with van der Waals surface area (Å²) in [4.78, 5) is 4.16. The van der Waals surface area contributed by atoms with Gasteiger partial charge < -0.3 is 25.6 Å². The van der Waals surface area contributed by atoms with Gasteiger partial charge in [0.1, 0.15) is 11.5 Å². The summed E-state index contributed by atoms with van der Waals surface area (Å²) in [6.07, 6.45) is -0.253. The van der Waals surface area contributed by atoms with Crippen LogP contribution in [0.5, 0.6) is 11.5 Å². The Balaban J connectivity index is 1.61. The molecule has 2 aromatic rings. The first-order chi connectivity index (χ1) is 13.0. The summed E-state index contributed by atoms with van der Waals surface area (Å²) >= 11 is 0. The van der Waals surface area contributed by atoms with Crippen LogP contribution in [0.1, 0.15) is 29.7 Å². The third kappa shape index (κ3) is 5.07. The van der Waals surface area contributed by atoms with Crippen LogP contribution in [0.2, 0.25) is 0 Å². The molecular formula is C19H21F2N3O3. The highest BCUT2D eigenvalue weighted by Crippen LogP contribution is 2.31. The van der Waals surface area contributed by atoms with Crippen molar-refractivity contribution in [2.24, 2.45) is 10.7 Å². The van der Waals surface area contributed by atoms with Gasteiger partial charge in [-0.25, -0.2) is 0 Å². The fourth-order valence-corrected chi connectivity index (χ4v) is 2.90. The molecule has 1 aliphatic rings. The predicted molar refractivity (Wildman–Crippen MR) is 97.0 cm³/mol. The Hall–Kier alpha value is -2.87. The van der Waals surface area contributed by atoms with Crippen LogP contribution in [0.3, 0.4) is 0 Å². The fraction of sp³-hybridized carbons (Fsp3) is 0.316. The molecule has 1 heterocycles. The number of fused-ring (bicyclic) bond motifs is 1. The molecule has 0 bridgehead atoms. The van der Waals surface area contributed by atoms with Crippen LogP contribution in [0.25, 0.3) is 0 Å². The van der Waals surface area contributed by atoms with Crippen molar-refractivity contribution in [3.63, 3.8) is 0 Å². The summed E-state index contributed by atoms with van der Waals surface area (Å²) in [5.41, 5.74) is 7.36. The minimum Gasteiger partial charge on any atom is -0.493 e. The largest absolute Gasteiger partial charge is 0.493 e. The highest BCUT2D eigenvalue weighted by atomic mass is 19.3. The number of ether oxygens (including phenoxy) is 2. The Morgan fingerprint density at radius 3 is 2.93 bits per heavy atom. The molecule has 2 atom stereocenters. The second-order valence-corrected chi connectivity index (χ2v) is 6.06. The standard InChI is InChI=1S/C19H21F2N3O3/c20-18(21)27-13-5-3-4-12(10-13)16(25)11-23-19(22)24-15-8-9-26-17-7-2-1-6-14(15)17/h1-7,10,15-16,18,25H,8-9,11H2,(H3,22,23,24). The van der Waals surface area contributed by atoms with E-state index in [2.05, 4.69) is 15.0 Å². The maximum Gasteiger partial charge on any atom is 0.387 e. The number of aliphatic imine (C=N–C) groups is 1. The second kappa shape index (κ2) is 8.68. The lowest BCUT2D eigenvalue weighted by Gasteiger charge is -2.27. The third-order valence-electron chi connectivity index (χ3n) is 4.18. The number of nitrogens with zero attached hydrogens (tertiary/aromatic N) is 1. The molecule has 6 nitrogen and oxygen atoms in total. The number of alkyl halides is 2. The summed E-state index contributed by atoms with van der Waals surface area (Å²) in [6.45, 7) is -2.36. The zero-order valence-corrected chi connectivity index (χ0v) is 14.5. The van der Waals surface area contributed by atoms with E-state index in [9.17, 15) is 13.9 Å². The zero-order valence-electron chi connectivity index (χ0n) is 14.5. The summed E-state index contributed by atoms with van der Waals surface area (Å²) in [5, 5.41) is 13.4. The van der Waals surface area contributed by atoms with Gasteiger partial charge in [0.15, 0.2) is 5.96 Å². The number of aliphatic hydroxyl groups excluding tert-OH is 1. The molecule has 8 heteroatoms. The number of halogens is 2. The van der Waals surface area contributed by atoms with Crippen molar-refractivity contribution in [2.45, 2.75) is 25.2 Å². The summed E-state index contributed by atoms with van der Waals surface area (Å²) in [7, 11) is 0. The van der Waals surface area contributed by atoms with E-state index < -0.39 is 12.7 Å². The Labute approximate surface area is 155 Å². The minimum atomic E-state index is -2.92. The molecule has 3 rings (SSSR count). The average molecular weight is 377 g/mol. The van der Waals surface area contributed by atoms with Crippen LogP contribution in [0, 0.1) is 0 Å². The molecule has 4 N–H and O–H groups in total. The van der Waals surface area contributed by atoms with Crippen LogP contribution in [-0.4, -0.2) is 30.8 Å². The van der Waals surface area contributed by atoms with E-state index in [0.29, 0.717) is 12.2 Å². The van der Waals surface area contributed by atoms with Crippen LogP contribution in [-0.2, 0) is 0 Å². The summed E-state index contributed by atoms with van der Waals surface area (Å²) in [5.74, 6) is 0.983. The SMILES string of the molecule is NC(=NCC(O)c1cccc(OC(F)F)c1)NC1CCOc2ccccc21. The fourth-order valence-electron chi connectivity index (χ4n) is 2.90. The number of para-hydroxylation sites is 1. The van der Waals surface area contributed by atoms with E-state index >= 15 is 0 Å². The van der Waals surface area contributed by atoms with Crippen molar-refractivity contribution in [2.75, 3.05) is 13.2 Å². The van der Waals surface area contributed by atoms with E-state index in [4.69, 9.17) is 10.5 Å². The second-order valence-electron chi connectivity index (χ2n) is 6.06. The molecule has 2 unspecified atom stereocenters. The van der Waals surface area contributed by atoms with Gasteiger partial charge in [0, 0.05) is 12.0 Å². The van der Waals surface area contributed by atoms with Crippen molar-refractivity contribution in [3.8, 4) is 11.5 Å². The Bertz CT molecular complexity index is 801. The Kier molecular flexibility index (Phi) is 6.08. The average Bonchev–Trinajstić information content (AvgIpc) is 2.66. The first kappa shape index (κ1) is 18.9. The lowest BCUT2D eigenvalue weighted by atomic mass is 10.0. The predicted octanol–water partition coefficient (Wildman–Crippen LogP) is 2.75. The highest BCUT2D eigenvalue weighted by Gasteiger charge is 2.21. The minimum absolute atomic E-state index is 0.0121. The van der Waals surface area contributed by atoms with Gasteiger partial charge in [-0.15, -0.1) is 0 Å². The zero-order chi connectivity index (χ0) is 19.2. The molecule has 1 aliphatic heterocycles. The number of nitrogens with one attached hydrogen (secondary N) is 1. The van der Waals surface area contributed by atoms with Gasteiger partial charge in [-0.1, -0.05) is 30.3 Å². The first-order valence-electron chi connectivity index (χ1n) is 8.54. The molecule has 0 aliphatic carbocycles. The lowest BCUT2D eigenvalue weighted by Crippen LogP contribution is -2.37. The van der Waals surface area contributed by atoms with Crippen LogP contribution in [0.4, 0.5) is 8.78 Å². The lowest BCUT2D eigenvalue weighted by molar-refractivity contribution is -0.0499. The number of hydrogen-bond acceptors (Lipinski definition) is 4. The molecule has 0 radical (unpaired) electrons. The number of aliphatic hydroxyl groups is 1. The molecule has 0 amide bonds. The number of guanidine groups is 1. The van der Waals surface area contributed by atoms with E-state index in [1.54, 1.807) is 6.07 Å². The van der Waals surface area contributed by atoms with Gasteiger partial charge in [0.25, 0.3) is 0 Å². The quantitative estimate of drug-likeness (QED) is 0.532. The number of hydrogen-bond donors (Lipinski definition) is 3. The van der Waals surface area contributed by atoms with Crippen molar-refractivity contribution in [1.29, 1.82) is 0 Å². The molecular weight excluding hydrogens is 356 g/mol. The van der Waals surface area contributed by atoms with E-state index in [1.165, 1.54) is 18.2 Å². The smallest absolute Gasteiger partial charge is 0.387 e. The Morgan fingerprint density at radius 2 is 2.11 bits per heavy atom. The van der Waals surface area contributed by atoms with Crippen molar-refractivity contribution >= 4 is 5.96 Å². The molecule has 2 aromatic carbocycles. The van der Waals surface area contributed by atoms with Gasteiger partial charge in [-0.05, 0) is 23.8 Å². The van der Waals surface area contributed by atoms with E-state index in [-0.39, 0.29) is 24.3 Å². The Morgan fingerprint density at radius 1 is 1.30 bits per heavy atom. The first-order valence-corrected chi connectivity index (χ1v) is 8.54. The molecule has 27 heavy (non-hydrogen) atoms. The summed E-state index contributed by atoms with van der Waals surface area (Å²) < 4.78 is 34.5. The van der Waals surface area contributed by atoms with Gasteiger partial charge >= 0.3 is 6.61 Å². The number of nitrogens with two attached hydrogens (primary N) is 1. The van der Waals surface area contributed by atoms with Crippen LogP contribution >= 0.6 is 0 Å². The van der Waals surface area contributed by atoms with Gasteiger partial charge in [-0.3, -0.25) is 4.99 Å². The summed E-state index contributed by atoms with van der Waals surface area (Å²) in [6, 6.07) is 13.5. The van der Waals surface area contributed by atoms with Gasteiger partial charge in [0.2, 0.25) is 0 Å². The number of benzene rings is 2. The normalized spacial score (nSPS) is 17.8. The maximum absolute atomic E-state index is 12.3. The highest BCUT2D eigenvalue weighted by molar-refractivity contribution is 5.78. The van der Waals surface area contributed by atoms with Crippen molar-refractivity contribution < 1.29 is 23.4 Å². The van der Waals surface area contributed by atoms with Gasteiger partial charge in [-0.2, -0.15) is 8.78 Å². The molecule has 144 valence electrons. The molecule has 0 spiro atoms. The molecule has 0 saturated carbocycles. The van der Waals surface area contributed by atoms with Crippen LogP contribution < -0.4 is 20.5 Å². The number of rotatable bonds is 6. The topological polar surface area (TPSA) is 89.1 Å². The van der Waals surface area contributed by atoms with E-state index in [0.717, 1.165) is 17.7 Å². The van der Waals surface area contributed by atoms with Crippen molar-refractivity contribution in [3.05, 3.63) is 59.7 Å². The van der Waals surface area contributed by atoms with Gasteiger partial charge in [0.05, 0.1) is 25.3 Å². The van der Waals surface area contributed by atoms with Crippen LogP contribution in [0.15, 0.2) is 53.5 Å². The molecule has 0 saturated heterocycles. The maximum atomic E-state index is 12.3. The molecule has 0 aromatic heterocycles. The molecule has 0 fully saturated rings.